The normalized spacial score (nSPS) is 10.5. The van der Waals surface area contributed by atoms with Crippen LogP contribution in [-0.2, 0) is 13.1 Å². The van der Waals surface area contributed by atoms with Crippen molar-refractivity contribution in [2.24, 2.45) is 0 Å². The van der Waals surface area contributed by atoms with Gasteiger partial charge >= 0.3 is 0 Å². The van der Waals surface area contributed by atoms with E-state index in [2.05, 4.69) is 24.4 Å². The minimum atomic E-state index is 0.674. The van der Waals surface area contributed by atoms with Gasteiger partial charge in [0.05, 0.1) is 26.9 Å². The maximum atomic E-state index is 5.44. The number of ether oxygens (including phenoxy) is 3. The van der Waals surface area contributed by atoms with Crippen molar-refractivity contribution in [3.63, 3.8) is 0 Å². The van der Waals surface area contributed by atoms with Crippen LogP contribution in [0.15, 0.2) is 24.3 Å². The summed E-state index contributed by atoms with van der Waals surface area (Å²) >= 11 is 1.80. The number of hydrogen-bond donors (Lipinski definition) is 1. The first-order valence-corrected chi connectivity index (χ1v) is 7.54. The summed E-state index contributed by atoms with van der Waals surface area (Å²) in [7, 11) is 4.94. The molecule has 1 aromatic carbocycles. The molecular formula is C16H21NO3S. The summed E-state index contributed by atoms with van der Waals surface area (Å²) in [4.78, 5) is 2.64. The lowest BCUT2D eigenvalue weighted by atomic mass is 10.1. The summed E-state index contributed by atoms with van der Waals surface area (Å²) in [6, 6.07) is 8.02. The summed E-state index contributed by atoms with van der Waals surface area (Å²) < 4.78 is 16.1. The van der Waals surface area contributed by atoms with Gasteiger partial charge in [0.2, 0.25) is 0 Å². The van der Waals surface area contributed by atoms with Crippen LogP contribution >= 0.6 is 11.3 Å². The minimum absolute atomic E-state index is 0.674. The third-order valence-electron chi connectivity index (χ3n) is 3.21. The molecule has 4 nitrogen and oxygen atoms in total. The smallest absolute Gasteiger partial charge is 0.130 e. The molecular weight excluding hydrogens is 286 g/mol. The van der Waals surface area contributed by atoms with Crippen LogP contribution in [0.5, 0.6) is 17.2 Å². The Bertz CT molecular complexity index is 570. The maximum absolute atomic E-state index is 5.44. The van der Waals surface area contributed by atoms with Crippen LogP contribution in [-0.4, -0.2) is 21.3 Å². The van der Waals surface area contributed by atoms with Crippen molar-refractivity contribution < 1.29 is 14.2 Å². The predicted molar refractivity (Wildman–Crippen MR) is 85.7 cm³/mol. The lowest BCUT2D eigenvalue weighted by Crippen LogP contribution is -2.13. The Labute approximate surface area is 129 Å². The monoisotopic (exact) mass is 307 g/mol. The summed E-state index contributed by atoms with van der Waals surface area (Å²) in [5, 5.41) is 3.43. The summed E-state index contributed by atoms with van der Waals surface area (Å²) in [5.74, 6) is 2.25. The zero-order chi connectivity index (χ0) is 15.2. The molecule has 0 unspecified atom stereocenters. The van der Waals surface area contributed by atoms with Gasteiger partial charge in [-0.25, -0.2) is 0 Å². The Morgan fingerprint density at radius 1 is 0.952 bits per heavy atom. The molecule has 2 aromatic rings. The molecule has 0 amide bonds. The van der Waals surface area contributed by atoms with E-state index in [1.807, 2.05) is 12.1 Å². The first-order valence-electron chi connectivity index (χ1n) is 6.72. The molecule has 0 aliphatic carbocycles. The highest BCUT2D eigenvalue weighted by molar-refractivity contribution is 7.11. The van der Waals surface area contributed by atoms with E-state index in [9.17, 15) is 0 Å². The van der Waals surface area contributed by atoms with Crippen LogP contribution in [0, 0.1) is 6.92 Å². The molecule has 0 saturated carbocycles. The molecule has 0 spiro atoms. The van der Waals surface area contributed by atoms with Gasteiger partial charge in [-0.2, -0.15) is 0 Å². The Kier molecular flexibility index (Phi) is 5.47. The van der Waals surface area contributed by atoms with Crippen molar-refractivity contribution in [2.75, 3.05) is 21.3 Å². The van der Waals surface area contributed by atoms with Crippen molar-refractivity contribution >= 4 is 11.3 Å². The van der Waals surface area contributed by atoms with Crippen molar-refractivity contribution in [3.8, 4) is 17.2 Å². The molecule has 21 heavy (non-hydrogen) atoms. The fourth-order valence-corrected chi connectivity index (χ4v) is 3.00. The molecule has 0 radical (unpaired) electrons. The van der Waals surface area contributed by atoms with Crippen LogP contribution in [0.25, 0.3) is 0 Å². The molecule has 5 heteroatoms. The van der Waals surface area contributed by atoms with Crippen LogP contribution in [0.1, 0.15) is 15.3 Å². The molecule has 0 fully saturated rings. The molecule has 0 saturated heterocycles. The van der Waals surface area contributed by atoms with Gasteiger partial charge in [-0.3, -0.25) is 0 Å². The van der Waals surface area contributed by atoms with Gasteiger partial charge in [0.15, 0.2) is 0 Å². The van der Waals surface area contributed by atoms with Gasteiger partial charge < -0.3 is 19.5 Å². The van der Waals surface area contributed by atoms with Gasteiger partial charge in [0, 0.05) is 35.0 Å². The molecule has 1 N–H and O–H groups in total. The van der Waals surface area contributed by atoms with Gasteiger partial charge in [0.1, 0.15) is 17.2 Å². The first kappa shape index (κ1) is 15.7. The number of methoxy groups -OCH3 is 3. The number of rotatable bonds is 7. The summed E-state index contributed by atoms with van der Waals surface area (Å²) in [6.45, 7) is 3.62. The van der Waals surface area contributed by atoms with Gasteiger partial charge in [-0.15, -0.1) is 11.3 Å². The SMILES string of the molecule is COc1cc(OC)c(CNCc2ccc(C)s2)c(OC)c1. The van der Waals surface area contributed by atoms with E-state index < -0.39 is 0 Å². The maximum Gasteiger partial charge on any atom is 0.130 e. The highest BCUT2D eigenvalue weighted by atomic mass is 32.1. The molecule has 1 aromatic heterocycles. The third kappa shape index (κ3) is 3.89. The second kappa shape index (κ2) is 7.33. The van der Waals surface area contributed by atoms with Crippen molar-refractivity contribution in [2.45, 2.75) is 20.0 Å². The first-order chi connectivity index (χ1) is 10.2. The van der Waals surface area contributed by atoms with Crippen molar-refractivity contribution in [3.05, 3.63) is 39.6 Å². The predicted octanol–water partition coefficient (Wildman–Crippen LogP) is 3.37. The summed E-state index contributed by atoms with van der Waals surface area (Å²) in [6.07, 6.45) is 0. The van der Waals surface area contributed by atoms with Gasteiger partial charge in [0.25, 0.3) is 0 Å². The van der Waals surface area contributed by atoms with Gasteiger partial charge in [-0.05, 0) is 19.1 Å². The van der Waals surface area contributed by atoms with E-state index in [1.165, 1.54) is 9.75 Å². The van der Waals surface area contributed by atoms with Crippen LogP contribution in [0.3, 0.4) is 0 Å². The highest BCUT2D eigenvalue weighted by Crippen LogP contribution is 2.33. The minimum Gasteiger partial charge on any atom is -0.496 e. The number of thiophene rings is 1. The van der Waals surface area contributed by atoms with Crippen LogP contribution in [0.2, 0.25) is 0 Å². The lowest BCUT2D eigenvalue weighted by Gasteiger charge is -2.15. The zero-order valence-corrected chi connectivity index (χ0v) is 13.7. The quantitative estimate of drug-likeness (QED) is 0.851. The average Bonchev–Trinajstić information content (AvgIpc) is 2.92. The molecule has 0 atom stereocenters. The van der Waals surface area contributed by atoms with Crippen LogP contribution < -0.4 is 19.5 Å². The Morgan fingerprint density at radius 3 is 2.10 bits per heavy atom. The molecule has 0 aliphatic rings. The number of nitrogens with one attached hydrogen (secondary N) is 1. The third-order valence-corrected chi connectivity index (χ3v) is 4.21. The topological polar surface area (TPSA) is 39.7 Å². The zero-order valence-electron chi connectivity index (χ0n) is 12.9. The van der Waals surface area contributed by atoms with Gasteiger partial charge in [-0.1, -0.05) is 0 Å². The van der Waals surface area contributed by atoms with E-state index >= 15 is 0 Å². The summed E-state index contributed by atoms with van der Waals surface area (Å²) in [5.41, 5.74) is 0.995. The van der Waals surface area contributed by atoms with Crippen molar-refractivity contribution in [1.29, 1.82) is 0 Å². The largest absolute Gasteiger partial charge is 0.496 e. The van der Waals surface area contributed by atoms with Crippen LogP contribution in [0.4, 0.5) is 0 Å². The Hall–Kier alpha value is -1.72. The Balaban J connectivity index is 2.10. The second-order valence-electron chi connectivity index (χ2n) is 4.63. The van der Waals surface area contributed by atoms with E-state index in [4.69, 9.17) is 14.2 Å². The molecule has 2 rings (SSSR count). The average molecular weight is 307 g/mol. The molecule has 1 heterocycles. The second-order valence-corrected chi connectivity index (χ2v) is 6.00. The highest BCUT2D eigenvalue weighted by Gasteiger charge is 2.12. The number of aryl methyl sites for hydroxylation is 1. The van der Waals surface area contributed by atoms with E-state index in [0.717, 1.165) is 29.4 Å². The molecule has 114 valence electrons. The Morgan fingerprint density at radius 2 is 1.62 bits per heavy atom. The van der Waals surface area contributed by atoms with E-state index in [1.54, 1.807) is 32.7 Å². The van der Waals surface area contributed by atoms with E-state index in [0.29, 0.717) is 6.54 Å². The number of hydrogen-bond acceptors (Lipinski definition) is 5. The van der Waals surface area contributed by atoms with Crippen molar-refractivity contribution in [1.82, 2.24) is 5.32 Å². The molecule has 0 aliphatic heterocycles. The molecule has 0 bridgehead atoms. The standard InChI is InChI=1S/C16H21NO3S/c1-11-5-6-13(21-11)9-17-10-14-15(19-3)7-12(18-2)8-16(14)20-4/h5-8,17H,9-10H2,1-4H3. The fraction of sp³-hybridized carbons (Fsp3) is 0.375. The fourth-order valence-electron chi connectivity index (χ4n) is 2.14. The lowest BCUT2D eigenvalue weighted by molar-refractivity contribution is 0.366. The number of benzene rings is 1. The van der Waals surface area contributed by atoms with E-state index in [-0.39, 0.29) is 0 Å².